The van der Waals surface area contributed by atoms with Crippen LogP contribution >= 0.6 is 0 Å². The maximum atomic E-state index is 12.3. The molecule has 0 bridgehead atoms. The third kappa shape index (κ3) is 2.41. The molecule has 0 saturated carbocycles. The number of hydrogen-bond acceptors (Lipinski definition) is 4. The highest BCUT2D eigenvalue weighted by molar-refractivity contribution is 5.98. The zero-order valence-corrected chi connectivity index (χ0v) is 11.3. The van der Waals surface area contributed by atoms with Gasteiger partial charge in [-0.15, -0.1) is 0 Å². The molecule has 1 atom stereocenters. The quantitative estimate of drug-likeness (QED) is 0.773. The lowest BCUT2D eigenvalue weighted by atomic mass is 10.0. The number of hydrogen-bond donors (Lipinski definition) is 0. The first kappa shape index (κ1) is 13.4. The smallest absolute Gasteiger partial charge is 0.328 e. The number of carbonyl (C=O) groups is 2. The van der Waals surface area contributed by atoms with Gasteiger partial charge in [0.1, 0.15) is 11.8 Å². The fourth-order valence-corrected chi connectivity index (χ4v) is 2.13. The van der Waals surface area contributed by atoms with E-state index in [1.54, 1.807) is 19.2 Å². The second-order valence-electron chi connectivity index (χ2n) is 4.51. The molecule has 5 nitrogen and oxygen atoms in total. The second-order valence-corrected chi connectivity index (χ2v) is 4.51. The Balaban J connectivity index is 2.18. The van der Waals surface area contributed by atoms with E-state index >= 15 is 0 Å². The first-order valence-corrected chi connectivity index (χ1v) is 6.12. The number of methoxy groups -OCH3 is 2. The summed E-state index contributed by atoms with van der Waals surface area (Å²) in [6.45, 7) is 2.49. The van der Waals surface area contributed by atoms with Gasteiger partial charge >= 0.3 is 5.97 Å². The fourth-order valence-electron chi connectivity index (χ4n) is 2.13. The lowest BCUT2D eigenvalue weighted by Crippen LogP contribution is -2.55. The van der Waals surface area contributed by atoms with Gasteiger partial charge in [-0.05, 0) is 31.0 Å². The molecule has 2 rings (SSSR count). The zero-order chi connectivity index (χ0) is 14.0. The minimum Gasteiger partial charge on any atom is -0.496 e. The summed E-state index contributed by atoms with van der Waals surface area (Å²) >= 11 is 0. The Labute approximate surface area is 112 Å². The van der Waals surface area contributed by atoms with Crippen molar-refractivity contribution in [3.63, 3.8) is 0 Å². The van der Waals surface area contributed by atoms with Crippen molar-refractivity contribution < 1.29 is 19.1 Å². The Morgan fingerprint density at radius 1 is 1.32 bits per heavy atom. The SMILES string of the molecule is COC(=O)C1CCN1C(=O)c1ccc(C)c(OC)c1. The maximum absolute atomic E-state index is 12.3. The molecule has 0 aromatic heterocycles. The van der Waals surface area contributed by atoms with Gasteiger partial charge in [0.25, 0.3) is 5.91 Å². The van der Waals surface area contributed by atoms with Crippen LogP contribution in [0.15, 0.2) is 18.2 Å². The number of ether oxygens (including phenoxy) is 2. The van der Waals surface area contributed by atoms with E-state index in [0.29, 0.717) is 24.3 Å². The Hall–Kier alpha value is -2.04. The van der Waals surface area contributed by atoms with Crippen molar-refractivity contribution in [3.8, 4) is 5.75 Å². The number of aryl methyl sites for hydroxylation is 1. The molecular weight excluding hydrogens is 246 g/mol. The predicted molar refractivity (Wildman–Crippen MR) is 69.2 cm³/mol. The lowest BCUT2D eigenvalue weighted by Gasteiger charge is -2.38. The molecule has 0 aliphatic carbocycles. The van der Waals surface area contributed by atoms with Crippen LogP contribution < -0.4 is 4.74 Å². The van der Waals surface area contributed by atoms with Gasteiger partial charge in [-0.3, -0.25) is 4.79 Å². The van der Waals surface area contributed by atoms with Gasteiger partial charge in [0.05, 0.1) is 14.2 Å². The molecule has 1 aliphatic heterocycles. The van der Waals surface area contributed by atoms with Crippen LogP contribution in [0.1, 0.15) is 22.3 Å². The van der Waals surface area contributed by atoms with Crippen molar-refractivity contribution in [2.45, 2.75) is 19.4 Å². The van der Waals surface area contributed by atoms with Gasteiger partial charge in [0, 0.05) is 12.1 Å². The third-order valence-electron chi connectivity index (χ3n) is 3.41. The monoisotopic (exact) mass is 263 g/mol. The molecule has 5 heteroatoms. The molecule has 1 aromatic carbocycles. The standard InChI is InChI=1S/C14H17NO4/c1-9-4-5-10(8-12(9)18-2)13(16)15-7-6-11(15)14(17)19-3/h4-5,8,11H,6-7H2,1-3H3. The molecule has 1 aliphatic rings. The number of nitrogens with zero attached hydrogens (tertiary/aromatic N) is 1. The van der Waals surface area contributed by atoms with Crippen LogP contribution in [0.3, 0.4) is 0 Å². The van der Waals surface area contributed by atoms with Crippen LogP contribution in [0.2, 0.25) is 0 Å². The van der Waals surface area contributed by atoms with E-state index in [1.807, 2.05) is 13.0 Å². The molecule has 1 fully saturated rings. The number of carbonyl (C=O) groups excluding carboxylic acids is 2. The molecule has 102 valence electrons. The van der Waals surface area contributed by atoms with E-state index in [-0.39, 0.29) is 11.9 Å². The number of esters is 1. The molecule has 1 saturated heterocycles. The number of rotatable bonds is 3. The van der Waals surface area contributed by atoms with Crippen LogP contribution in [0, 0.1) is 6.92 Å². The van der Waals surface area contributed by atoms with E-state index in [4.69, 9.17) is 4.74 Å². The Morgan fingerprint density at radius 2 is 2.05 bits per heavy atom. The molecule has 0 N–H and O–H groups in total. The summed E-state index contributed by atoms with van der Waals surface area (Å²) in [5.74, 6) is 0.139. The molecule has 1 aromatic rings. The van der Waals surface area contributed by atoms with Crippen LogP contribution in [0.25, 0.3) is 0 Å². The minimum atomic E-state index is -0.454. The van der Waals surface area contributed by atoms with Gasteiger partial charge in [-0.2, -0.15) is 0 Å². The number of amides is 1. The van der Waals surface area contributed by atoms with Crippen LogP contribution in [-0.4, -0.2) is 43.6 Å². The average Bonchev–Trinajstić information content (AvgIpc) is 2.37. The van der Waals surface area contributed by atoms with Crippen molar-refractivity contribution in [2.75, 3.05) is 20.8 Å². The maximum Gasteiger partial charge on any atom is 0.328 e. The van der Waals surface area contributed by atoms with Crippen LogP contribution in [-0.2, 0) is 9.53 Å². The molecule has 1 unspecified atom stereocenters. The topological polar surface area (TPSA) is 55.8 Å². The Morgan fingerprint density at radius 3 is 2.58 bits per heavy atom. The van der Waals surface area contributed by atoms with E-state index in [9.17, 15) is 9.59 Å². The van der Waals surface area contributed by atoms with Gasteiger partial charge < -0.3 is 14.4 Å². The number of benzene rings is 1. The van der Waals surface area contributed by atoms with Crippen LogP contribution in [0.4, 0.5) is 0 Å². The second kappa shape index (κ2) is 5.30. The normalized spacial score (nSPS) is 17.6. The Bertz CT molecular complexity index is 512. The van der Waals surface area contributed by atoms with Gasteiger partial charge in [-0.25, -0.2) is 4.79 Å². The van der Waals surface area contributed by atoms with Gasteiger partial charge in [-0.1, -0.05) is 6.07 Å². The number of likely N-dealkylation sites (tertiary alicyclic amines) is 1. The van der Waals surface area contributed by atoms with Crippen molar-refractivity contribution in [3.05, 3.63) is 29.3 Å². The molecule has 0 radical (unpaired) electrons. The minimum absolute atomic E-state index is 0.167. The summed E-state index contributed by atoms with van der Waals surface area (Å²) in [6, 6.07) is 4.82. The van der Waals surface area contributed by atoms with Gasteiger partial charge in [0.2, 0.25) is 0 Å². The van der Waals surface area contributed by atoms with Crippen molar-refractivity contribution in [2.24, 2.45) is 0 Å². The van der Waals surface area contributed by atoms with Crippen molar-refractivity contribution >= 4 is 11.9 Å². The summed E-state index contributed by atoms with van der Waals surface area (Å²) in [7, 11) is 2.90. The molecule has 19 heavy (non-hydrogen) atoms. The molecule has 0 spiro atoms. The zero-order valence-electron chi connectivity index (χ0n) is 11.3. The van der Waals surface area contributed by atoms with E-state index in [1.165, 1.54) is 12.0 Å². The van der Waals surface area contributed by atoms with Crippen LogP contribution in [0.5, 0.6) is 5.75 Å². The highest BCUT2D eigenvalue weighted by Crippen LogP contribution is 2.25. The molecule has 1 amide bonds. The van der Waals surface area contributed by atoms with E-state index in [2.05, 4.69) is 4.74 Å². The van der Waals surface area contributed by atoms with Crippen molar-refractivity contribution in [1.29, 1.82) is 0 Å². The first-order valence-electron chi connectivity index (χ1n) is 6.12. The molecular formula is C14H17NO4. The Kier molecular flexibility index (Phi) is 3.74. The lowest BCUT2D eigenvalue weighted by molar-refractivity contribution is -0.149. The predicted octanol–water partition coefficient (Wildman–Crippen LogP) is 1.39. The summed E-state index contributed by atoms with van der Waals surface area (Å²) in [4.78, 5) is 25.3. The summed E-state index contributed by atoms with van der Waals surface area (Å²) in [5.41, 5.74) is 1.49. The third-order valence-corrected chi connectivity index (χ3v) is 3.41. The fraction of sp³-hybridized carbons (Fsp3) is 0.429. The largest absolute Gasteiger partial charge is 0.496 e. The highest BCUT2D eigenvalue weighted by atomic mass is 16.5. The highest BCUT2D eigenvalue weighted by Gasteiger charge is 2.38. The van der Waals surface area contributed by atoms with Crippen molar-refractivity contribution in [1.82, 2.24) is 4.90 Å². The van der Waals surface area contributed by atoms with E-state index < -0.39 is 6.04 Å². The average molecular weight is 263 g/mol. The summed E-state index contributed by atoms with van der Waals surface area (Å²) in [5, 5.41) is 0. The van der Waals surface area contributed by atoms with Gasteiger partial charge in [0.15, 0.2) is 0 Å². The summed E-state index contributed by atoms with van der Waals surface area (Å²) < 4.78 is 9.88. The molecule has 1 heterocycles. The first-order chi connectivity index (χ1) is 9.08. The summed E-state index contributed by atoms with van der Waals surface area (Å²) in [6.07, 6.45) is 0.654. The van der Waals surface area contributed by atoms with E-state index in [0.717, 1.165) is 5.56 Å².